The van der Waals surface area contributed by atoms with Gasteiger partial charge in [-0.25, -0.2) is 4.79 Å². The molecular weight excluding hydrogens is 430 g/mol. The third-order valence-corrected chi connectivity index (χ3v) is 5.66. The molecule has 1 aliphatic rings. The van der Waals surface area contributed by atoms with Gasteiger partial charge in [0.15, 0.2) is 0 Å². The molecule has 2 heterocycles. The highest BCUT2D eigenvalue weighted by atomic mass is 16.4. The lowest BCUT2D eigenvalue weighted by Gasteiger charge is -2.23. The van der Waals surface area contributed by atoms with Gasteiger partial charge in [-0.05, 0) is 37.9 Å². The maximum atomic E-state index is 12.9. The van der Waals surface area contributed by atoms with E-state index in [1.807, 2.05) is 24.3 Å². The molecule has 4 atom stereocenters. The minimum absolute atomic E-state index is 0.0736. The Balaban J connectivity index is 1.73. The molecule has 0 saturated carbocycles. The summed E-state index contributed by atoms with van der Waals surface area (Å²) in [7, 11) is 0. The van der Waals surface area contributed by atoms with Gasteiger partial charge >= 0.3 is 5.97 Å². The number of aliphatic hydroxyl groups excluding tert-OH is 1. The number of aliphatic hydroxyl groups is 1. The second-order valence-electron chi connectivity index (χ2n) is 8.09. The first kappa shape index (κ1) is 24.2. The summed E-state index contributed by atoms with van der Waals surface area (Å²) in [6.45, 7) is 1.45. The normalized spacial score (nSPS) is 18.3. The van der Waals surface area contributed by atoms with Crippen LogP contribution in [0.5, 0.6) is 0 Å². The number of amides is 3. The Morgan fingerprint density at radius 3 is 2.48 bits per heavy atom. The summed E-state index contributed by atoms with van der Waals surface area (Å²) in [5.41, 5.74) is 1.59. The first-order valence-corrected chi connectivity index (χ1v) is 10.8. The Labute approximate surface area is 190 Å². The van der Waals surface area contributed by atoms with E-state index < -0.39 is 42.5 Å². The monoisotopic (exact) mass is 459 g/mol. The zero-order valence-corrected chi connectivity index (χ0v) is 18.3. The van der Waals surface area contributed by atoms with Gasteiger partial charge in [0, 0.05) is 23.5 Å². The first-order valence-electron chi connectivity index (χ1n) is 10.8. The highest BCUT2D eigenvalue weighted by molar-refractivity contribution is 5.94. The van der Waals surface area contributed by atoms with Gasteiger partial charge in [0.1, 0.15) is 18.1 Å². The van der Waals surface area contributed by atoms with E-state index >= 15 is 0 Å². The van der Waals surface area contributed by atoms with Crippen LogP contribution >= 0.6 is 0 Å². The SMILES string of the molecule is CC(NC(=O)C1CCCN1)C(=O)NC(Cc1c[nH]c2ccccc12)C(=O)NC(CO)C(=O)O. The van der Waals surface area contributed by atoms with Crippen molar-refractivity contribution in [3.8, 4) is 0 Å². The van der Waals surface area contributed by atoms with Crippen LogP contribution in [0.2, 0.25) is 0 Å². The van der Waals surface area contributed by atoms with E-state index in [1.165, 1.54) is 6.92 Å². The van der Waals surface area contributed by atoms with E-state index in [9.17, 15) is 24.3 Å². The van der Waals surface area contributed by atoms with Crippen LogP contribution in [0.15, 0.2) is 30.5 Å². The fraction of sp³-hybridized carbons (Fsp3) is 0.455. The van der Waals surface area contributed by atoms with Crippen molar-refractivity contribution in [3.63, 3.8) is 0 Å². The lowest BCUT2D eigenvalue weighted by Crippen LogP contribution is -2.57. The average molecular weight is 460 g/mol. The number of hydrogen-bond acceptors (Lipinski definition) is 6. The molecule has 1 aliphatic heterocycles. The van der Waals surface area contributed by atoms with Crippen LogP contribution in [0.1, 0.15) is 25.3 Å². The largest absolute Gasteiger partial charge is 0.480 e. The van der Waals surface area contributed by atoms with E-state index in [0.29, 0.717) is 6.42 Å². The third kappa shape index (κ3) is 6.08. The van der Waals surface area contributed by atoms with E-state index in [-0.39, 0.29) is 18.4 Å². The number of aromatic amines is 1. The van der Waals surface area contributed by atoms with Crippen LogP contribution in [0.3, 0.4) is 0 Å². The Hall–Kier alpha value is -3.44. The number of para-hydroxylation sites is 1. The molecule has 1 aromatic carbocycles. The van der Waals surface area contributed by atoms with Gasteiger partial charge in [-0.1, -0.05) is 18.2 Å². The summed E-state index contributed by atoms with van der Waals surface area (Å²) in [5, 5.41) is 29.8. The summed E-state index contributed by atoms with van der Waals surface area (Å²) in [5.74, 6) is -3.03. The molecule has 1 fully saturated rings. The summed E-state index contributed by atoms with van der Waals surface area (Å²) in [4.78, 5) is 52.3. The van der Waals surface area contributed by atoms with Crippen molar-refractivity contribution in [1.82, 2.24) is 26.3 Å². The molecule has 33 heavy (non-hydrogen) atoms. The number of fused-ring (bicyclic) bond motifs is 1. The van der Waals surface area contributed by atoms with Crippen molar-refractivity contribution < 1.29 is 29.4 Å². The molecule has 3 rings (SSSR count). The summed E-state index contributed by atoms with van der Waals surface area (Å²) >= 11 is 0. The van der Waals surface area contributed by atoms with Crippen molar-refractivity contribution in [1.29, 1.82) is 0 Å². The molecule has 0 bridgehead atoms. The van der Waals surface area contributed by atoms with Crippen molar-refractivity contribution in [2.45, 2.75) is 50.4 Å². The molecular formula is C22H29N5O6. The van der Waals surface area contributed by atoms with Gasteiger partial charge in [0.25, 0.3) is 0 Å². The van der Waals surface area contributed by atoms with Crippen LogP contribution < -0.4 is 21.3 Å². The van der Waals surface area contributed by atoms with Crippen LogP contribution in [0, 0.1) is 0 Å². The predicted molar refractivity (Wildman–Crippen MR) is 119 cm³/mol. The van der Waals surface area contributed by atoms with Gasteiger partial charge in [-0.15, -0.1) is 0 Å². The third-order valence-electron chi connectivity index (χ3n) is 5.66. The highest BCUT2D eigenvalue weighted by Crippen LogP contribution is 2.19. The molecule has 0 aliphatic carbocycles. The molecule has 3 amide bonds. The Kier molecular flexibility index (Phi) is 8.01. The zero-order valence-electron chi connectivity index (χ0n) is 18.3. The molecule has 0 radical (unpaired) electrons. The number of carboxylic acids is 1. The predicted octanol–water partition coefficient (Wildman–Crippen LogP) is -0.986. The standard InChI is InChI=1S/C22H29N5O6/c1-12(25-20(30)16-7-4-8-23-16)19(29)26-17(21(31)27-18(11-28)22(32)33)9-13-10-24-15-6-3-2-5-14(13)15/h2-3,5-6,10,12,16-18,23-24,28H,4,7-9,11H2,1H3,(H,25,30)(H,26,29)(H,27,31)(H,32,33). The van der Waals surface area contributed by atoms with E-state index in [0.717, 1.165) is 29.4 Å². The van der Waals surface area contributed by atoms with E-state index in [2.05, 4.69) is 26.3 Å². The van der Waals surface area contributed by atoms with Gasteiger partial charge in [0.05, 0.1) is 12.6 Å². The number of rotatable bonds is 10. The number of aromatic nitrogens is 1. The lowest BCUT2D eigenvalue weighted by atomic mass is 10.0. The van der Waals surface area contributed by atoms with E-state index in [4.69, 9.17) is 5.11 Å². The first-order chi connectivity index (χ1) is 15.8. The van der Waals surface area contributed by atoms with Crippen LogP contribution in [0.25, 0.3) is 10.9 Å². The number of H-pyrrole nitrogens is 1. The fourth-order valence-electron chi connectivity index (χ4n) is 3.77. The quantitative estimate of drug-likeness (QED) is 0.239. The Morgan fingerprint density at radius 1 is 1.09 bits per heavy atom. The molecule has 1 aromatic heterocycles. The van der Waals surface area contributed by atoms with Crippen molar-refractivity contribution in [2.75, 3.05) is 13.2 Å². The van der Waals surface area contributed by atoms with Gasteiger partial charge in [-0.3, -0.25) is 14.4 Å². The molecule has 0 spiro atoms. The number of carboxylic acid groups (broad SMARTS) is 1. The van der Waals surface area contributed by atoms with Crippen molar-refractivity contribution >= 4 is 34.6 Å². The maximum absolute atomic E-state index is 12.9. The number of carbonyl (C=O) groups is 4. The molecule has 7 N–H and O–H groups in total. The number of nitrogens with one attached hydrogen (secondary N) is 5. The number of carbonyl (C=O) groups excluding carboxylic acids is 3. The maximum Gasteiger partial charge on any atom is 0.328 e. The number of aliphatic carboxylic acids is 1. The van der Waals surface area contributed by atoms with Gasteiger partial charge < -0.3 is 36.5 Å². The smallest absolute Gasteiger partial charge is 0.328 e. The van der Waals surface area contributed by atoms with Gasteiger partial charge in [0.2, 0.25) is 17.7 Å². The summed E-state index contributed by atoms with van der Waals surface area (Å²) < 4.78 is 0. The molecule has 4 unspecified atom stereocenters. The second kappa shape index (κ2) is 10.9. The summed E-state index contributed by atoms with van der Waals surface area (Å²) in [6.07, 6.45) is 3.35. The van der Waals surface area contributed by atoms with E-state index in [1.54, 1.807) is 6.20 Å². The van der Waals surface area contributed by atoms with Crippen LogP contribution in [-0.4, -0.2) is 76.2 Å². The highest BCUT2D eigenvalue weighted by Gasteiger charge is 2.30. The van der Waals surface area contributed by atoms with Crippen molar-refractivity contribution in [2.24, 2.45) is 0 Å². The molecule has 11 heteroatoms. The number of hydrogen-bond donors (Lipinski definition) is 7. The zero-order chi connectivity index (χ0) is 24.0. The molecule has 1 saturated heterocycles. The Morgan fingerprint density at radius 2 is 1.82 bits per heavy atom. The minimum atomic E-state index is -1.51. The topological polar surface area (TPSA) is 173 Å². The van der Waals surface area contributed by atoms with Crippen LogP contribution in [0.4, 0.5) is 0 Å². The molecule has 11 nitrogen and oxygen atoms in total. The Bertz CT molecular complexity index is 1020. The van der Waals surface area contributed by atoms with Gasteiger partial charge in [-0.2, -0.15) is 0 Å². The fourth-order valence-corrected chi connectivity index (χ4v) is 3.77. The lowest BCUT2D eigenvalue weighted by molar-refractivity contribution is -0.143. The second-order valence-corrected chi connectivity index (χ2v) is 8.09. The molecule has 2 aromatic rings. The average Bonchev–Trinajstić information content (AvgIpc) is 3.47. The van der Waals surface area contributed by atoms with Crippen molar-refractivity contribution in [3.05, 3.63) is 36.0 Å². The summed E-state index contributed by atoms with van der Waals surface area (Å²) in [6, 6.07) is 3.53. The minimum Gasteiger partial charge on any atom is -0.480 e. The molecule has 178 valence electrons. The number of benzene rings is 1. The van der Waals surface area contributed by atoms with Crippen LogP contribution in [-0.2, 0) is 25.6 Å².